The van der Waals surface area contributed by atoms with E-state index in [1.165, 1.54) is 0 Å². The van der Waals surface area contributed by atoms with E-state index in [1.54, 1.807) is 24.6 Å². The summed E-state index contributed by atoms with van der Waals surface area (Å²) in [5.41, 5.74) is 1.82. The fourth-order valence-electron chi connectivity index (χ4n) is 2.13. The van der Waals surface area contributed by atoms with E-state index in [1.807, 2.05) is 48.5 Å². The second-order valence-corrected chi connectivity index (χ2v) is 6.36. The van der Waals surface area contributed by atoms with Crippen LogP contribution in [0.3, 0.4) is 0 Å². The van der Waals surface area contributed by atoms with Crippen molar-refractivity contribution in [3.63, 3.8) is 0 Å². The monoisotopic (exact) mass is 412 g/mol. The van der Waals surface area contributed by atoms with Crippen molar-refractivity contribution in [2.45, 2.75) is 6.54 Å². The van der Waals surface area contributed by atoms with Gasteiger partial charge in [0.05, 0.1) is 18.5 Å². The first-order valence-electron chi connectivity index (χ1n) is 8.00. The van der Waals surface area contributed by atoms with Crippen molar-refractivity contribution >= 4 is 33.7 Å². The van der Waals surface area contributed by atoms with Crippen molar-refractivity contribution in [2.24, 2.45) is 4.99 Å². The lowest BCUT2D eigenvalue weighted by atomic mass is 10.2. The van der Waals surface area contributed by atoms with E-state index >= 15 is 0 Å². The summed E-state index contributed by atoms with van der Waals surface area (Å²) in [6.45, 7) is 0.299. The molecule has 132 valence electrons. The van der Waals surface area contributed by atoms with E-state index in [0.717, 1.165) is 15.7 Å². The normalized spacial score (nSPS) is 10.8. The summed E-state index contributed by atoms with van der Waals surface area (Å²) in [5.74, 6) is 1.12. The topological polar surface area (TPSA) is 63.8 Å². The van der Waals surface area contributed by atoms with Crippen molar-refractivity contribution in [1.29, 1.82) is 0 Å². The zero-order chi connectivity index (χ0) is 18.2. The van der Waals surface area contributed by atoms with Gasteiger partial charge >= 0.3 is 0 Å². The number of furan rings is 1. The van der Waals surface area contributed by atoms with Gasteiger partial charge in [0.25, 0.3) is 5.91 Å². The molecule has 0 radical (unpaired) electrons. The van der Waals surface area contributed by atoms with Crippen LogP contribution < -0.4 is 10.1 Å². The molecule has 3 aromatic rings. The largest absolute Gasteiger partial charge is 0.484 e. The molecular weight excluding hydrogens is 396 g/mol. The summed E-state index contributed by atoms with van der Waals surface area (Å²) in [7, 11) is 0. The van der Waals surface area contributed by atoms with E-state index in [-0.39, 0.29) is 12.5 Å². The molecule has 0 aliphatic rings. The van der Waals surface area contributed by atoms with Gasteiger partial charge in [-0.2, -0.15) is 0 Å². The molecule has 2 aromatic carbocycles. The van der Waals surface area contributed by atoms with Crippen molar-refractivity contribution in [3.05, 3.63) is 82.7 Å². The molecule has 1 aromatic heterocycles. The summed E-state index contributed by atoms with van der Waals surface area (Å²) < 4.78 is 11.6. The summed E-state index contributed by atoms with van der Waals surface area (Å²) in [6, 6.07) is 18.7. The lowest BCUT2D eigenvalue weighted by Gasteiger charge is -2.06. The minimum atomic E-state index is -0.206. The molecule has 0 spiro atoms. The number of amides is 1. The van der Waals surface area contributed by atoms with Gasteiger partial charge in [0.1, 0.15) is 11.5 Å². The van der Waals surface area contributed by atoms with E-state index < -0.39 is 0 Å². The second-order valence-electron chi connectivity index (χ2n) is 5.45. The molecule has 5 nitrogen and oxygen atoms in total. The molecule has 0 saturated carbocycles. The van der Waals surface area contributed by atoms with Gasteiger partial charge in [-0.05, 0) is 66.2 Å². The van der Waals surface area contributed by atoms with Crippen LogP contribution in [0, 0.1) is 0 Å². The Labute approximate surface area is 159 Å². The van der Waals surface area contributed by atoms with Gasteiger partial charge in [-0.1, -0.05) is 15.9 Å². The molecule has 1 amide bonds. The highest BCUT2D eigenvalue weighted by molar-refractivity contribution is 9.10. The van der Waals surface area contributed by atoms with Gasteiger partial charge in [-0.3, -0.25) is 9.79 Å². The number of carbonyl (C=O) groups is 1. The van der Waals surface area contributed by atoms with Gasteiger partial charge in [0.15, 0.2) is 6.61 Å². The molecule has 0 aliphatic heterocycles. The molecule has 0 unspecified atom stereocenters. The summed E-state index contributed by atoms with van der Waals surface area (Å²) in [4.78, 5) is 16.2. The van der Waals surface area contributed by atoms with Crippen LogP contribution in [-0.2, 0) is 11.3 Å². The zero-order valence-electron chi connectivity index (χ0n) is 13.9. The van der Waals surface area contributed by atoms with Crippen LogP contribution in [0.15, 0.2) is 80.8 Å². The summed E-state index contributed by atoms with van der Waals surface area (Å²) in [5, 5.41) is 2.73. The third-order valence-electron chi connectivity index (χ3n) is 3.48. The molecule has 0 atom stereocenters. The molecule has 0 aliphatic carbocycles. The van der Waals surface area contributed by atoms with E-state index in [0.29, 0.717) is 18.1 Å². The van der Waals surface area contributed by atoms with Crippen molar-refractivity contribution in [1.82, 2.24) is 5.32 Å². The predicted molar refractivity (Wildman–Crippen MR) is 104 cm³/mol. The predicted octanol–water partition coefficient (Wildman–Crippen LogP) is 4.49. The Hall–Kier alpha value is -2.86. The third kappa shape index (κ3) is 5.60. The van der Waals surface area contributed by atoms with Crippen LogP contribution >= 0.6 is 15.9 Å². The number of halogens is 1. The lowest BCUT2D eigenvalue weighted by Crippen LogP contribution is -2.28. The SMILES string of the molecule is O=C(COc1ccc(C=Nc2ccc(Br)cc2)cc1)NCc1ccco1. The van der Waals surface area contributed by atoms with E-state index in [9.17, 15) is 4.79 Å². The van der Waals surface area contributed by atoms with Gasteiger partial charge in [-0.15, -0.1) is 0 Å². The molecule has 0 bridgehead atoms. The molecule has 0 saturated heterocycles. The average Bonchev–Trinajstić information content (AvgIpc) is 3.19. The average molecular weight is 413 g/mol. The molecule has 3 rings (SSSR count). The first kappa shape index (κ1) is 17.9. The first-order chi connectivity index (χ1) is 12.7. The number of hydrogen-bond acceptors (Lipinski definition) is 4. The van der Waals surface area contributed by atoms with Crippen molar-refractivity contribution in [3.8, 4) is 5.75 Å². The van der Waals surface area contributed by atoms with Crippen LogP contribution in [0.5, 0.6) is 5.75 Å². The fraction of sp³-hybridized carbons (Fsp3) is 0.100. The Morgan fingerprint density at radius 1 is 1.12 bits per heavy atom. The number of nitrogens with zero attached hydrogens (tertiary/aromatic N) is 1. The number of carbonyl (C=O) groups excluding carboxylic acids is 1. The van der Waals surface area contributed by atoms with Gasteiger partial charge in [0.2, 0.25) is 0 Å². The highest BCUT2D eigenvalue weighted by atomic mass is 79.9. The summed E-state index contributed by atoms with van der Waals surface area (Å²) in [6.07, 6.45) is 3.35. The first-order valence-corrected chi connectivity index (χ1v) is 8.80. The highest BCUT2D eigenvalue weighted by Gasteiger charge is 2.04. The van der Waals surface area contributed by atoms with Crippen LogP contribution in [0.25, 0.3) is 0 Å². The smallest absolute Gasteiger partial charge is 0.258 e. The number of aliphatic imine (C=N–C) groups is 1. The van der Waals surface area contributed by atoms with Crippen LogP contribution in [0.4, 0.5) is 5.69 Å². The molecule has 1 heterocycles. The standard InChI is InChI=1S/C20H17BrN2O3/c21-16-5-7-17(8-6-16)22-12-15-3-9-18(10-4-15)26-14-20(24)23-13-19-2-1-11-25-19/h1-12H,13-14H2,(H,23,24). The maximum Gasteiger partial charge on any atom is 0.258 e. The number of benzene rings is 2. The molecular formula is C20H17BrN2O3. The van der Waals surface area contributed by atoms with E-state index in [4.69, 9.17) is 9.15 Å². The summed E-state index contributed by atoms with van der Waals surface area (Å²) >= 11 is 3.40. The Kier molecular flexibility index (Phi) is 6.22. The van der Waals surface area contributed by atoms with E-state index in [2.05, 4.69) is 26.2 Å². The van der Waals surface area contributed by atoms with Gasteiger partial charge in [-0.25, -0.2) is 0 Å². The third-order valence-corrected chi connectivity index (χ3v) is 4.01. The minimum absolute atomic E-state index is 0.0486. The highest BCUT2D eigenvalue weighted by Crippen LogP contribution is 2.17. The maximum absolute atomic E-state index is 11.8. The van der Waals surface area contributed by atoms with Gasteiger partial charge < -0.3 is 14.5 Å². The fourth-order valence-corrected chi connectivity index (χ4v) is 2.39. The quantitative estimate of drug-likeness (QED) is 0.581. The second kappa shape index (κ2) is 9.01. The van der Waals surface area contributed by atoms with Crippen molar-refractivity contribution < 1.29 is 13.9 Å². The van der Waals surface area contributed by atoms with Gasteiger partial charge in [0, 0.05) is 10.7 Å². The van der Waals surface area contributed by atoms with Crippen LogP contribution in [0.2, 0.25) is 0 Å². The van der Waals surface area contributed by atoms with Crippen molar-refractivity contribution in [2.75, 3.05) is 6.61 Å². The zero-order valence-corrected chi connectivity index (χ0v) is 15.5. The Morgan fingerprint density at radius 2 is 1.88 bits per heavy atom. The molecule has 26 heavy (non-hydrogen) atoms. The Morgan fingerprint density at radius 3 is 2.58 bits per heavy atom. The molecule has 1 N–H and O–H groups in total. The number of nitrogens with one attached hydrogen (secondary N) is 1. The lowest BCUT2D eigenvalue weighted by molar-refractivity contribution is -0.123. The Bertz CT molecular complexity index is 857. The minimum Gasteiger partial charge on any atom is -0.484 e. The van der Waals surface area contributed by atoms with Crippen LogP contribution in [-0.4, -0.2) is 18.7 Å². The Balaban J connectivity index is 1.46. The molecule has 6 heteroatoms. The molecule has 0 fully saturated rings. The number of ether oxygens (including phenoxy) is 1. The maximum atomic E-state index is 11.8. The van der Waals surface area contributed by atoms with Crippen LogP contribution in [0.1, 0.15) is 11.3 Å². The number of hydrogen-bond donors (Lipinski definition) is 1. The number of rotatable bonds is 7.